The summed E-state index contributed by atoms with van der Waals surface area (Å²) in [7, 11) is -0.746. The fourth-order valence-electron chi connectivity index (χ4n) is 10.6. The Morgan fingerprint density at radius 2 is 1.51 bits per heavy atom. The van der Waals surface area contributed by atoms with Gasteiger partial charge in [0, 0.05) is 18.5 Å². The number of benzene rings is 2. The van der Waals surface area contributed by atoms with E-state index >= 15 is 0 Å². The van der Waals surface area contributed by atoms with Crippen LogP contribution in [-0.2, 0) is 44.5 Å². The smallest absolute Gasteiger partial charge is 0.404 e. The van der Waals surface area contributed by atoms with E-state index in [1.807, 2.05) is 19.1 Å². The molecule has 7 amide bonds. The Bertz CT molecular complexity index is 2230. The first-order valence-corrected chi connectivity index (χ1v) is 25.2. The summed E-state index contributed by atoms with van der Waals surface area (Å²) in [6, 6.07) is 11.5. The summed E-state index contributed by atoms with van der Waals surface area (Å²) in [6.45, 7) is 13.6. The zero-order chi connectivity index (χ0) is 51.1. The standard InChI is InChI=1S/C51H75BN8O10/c1-8-10-13-31-15-17-32(18-16-31)33-19-21-34(22-20-33)45(65)55-25-23-41(62)57-37(14-11-12-24-53)46(66)59-42(30(4)61)47(67)56-29(3)44(64)60-51(28-36(51)43(54)63)48(68)58-40(9-2)52-69-39-27-35-26-38(49(35,5)6)50(39,7)70-52/h15-22,29-30,35-40,42,61H,8-14,23-28,53H2,1-7H3,(H2,54,63)(H,55,65)(H,56,67)(H,57,62)(H,58,68)(H,59,66)(H,60,64)/t29-,30+,35-,36-,37-,38-,39?,40-,42-,50-,51?/m0/s1. The van der Waals surface area contributed by atoms with Gasteiger partial charge in [-0.3, -0.25) is 33.6 Å². The van der Waals surface area contributed by atoms with Crippen molar-refractivity contribution in [3.63, 3.8) is 0 Å². The van der Waals surface area contributed by atoms with Gasteiger partial charge in [0.25, 0.3) is 5.91 Å². The number of nitrogens with one attached hydrogen (secondary N) is 6. The molecule has 19 heteroatoms. The number of carbonyl (C=O) groups is 7. The van der Waals surface area contributed by atoms with Crippen LogP contribution in [0, 0.1) is 23.2 Å². The van der Waals surface area contributed by atoms with Crippen molar-refractivity contribution in [1.29, 1.82) is 0 Å². The number of aryl methyl sites for hydroxylation is 1. The quantitative estimate of drug-likeness (QED) is 0.0515. The van der Waals surface area contributed by atoms with Crippen molar-refractivity contribution < 1.29 is 48.0 Å². The van der Waals surface area contributed by atoms with Crippen LogP contribution in [0.5, 0.6) is 0 Å². The molecule has 0 spiro atoms. The van der Waals surface area contributed by atoms with Crippen LogP contribution in [0.2, 0.25) is 0 Å². The second-order valence-corrected chi connectivity index (χ2v) is 20.7. The molecular weight excluding hydrogens is 895 g/mol. The molecule has 382 valence electrons. The topological polar surface area (TPSA) is 282 Å². The Kier molecular flexibility index (Phi) is 17.6. The first-order valence-electron chi connectivity index (χ1n) is 25.2. The average molecular weight is 971 g/mol. The highest BCUT2D eigenvalue weighted by Gasteiger charge is 2.69. The molecule has 1 aliphatic heterocycles. The minimum Gasteiger partial charge on any atom is -0.404 e. The van der Waals surface area contributed by atoms with Crippen LogP contribution < -0.4 is 43.4 Å². The summed E-state index contributed by atoms with van der Waals surface area (Å²) in [5.74, 6) is -5.65. The number of hydrogen-bond acceptors (Lipinski definition) is 11. The van der Waals surface area contributed by atoms with E-state index < -0.39 is 89.8 Å². The molecule has 0 aromatic heterocycles. The van der Waals surface area contributed by atoms with Gasteiger partial charge in [0.15, 0.2) is 0 Å². The molecule has 2 unspecified atom stereocenters. The first-order chi connectivity index (χ1) is 33.2. The van der Waals surface area contributed by atoms with Crippen molar-refractivity contribution in [2.24, 2.45) is 34.6 Å². The molecule has 11 N–H and O–H groups in total. The fraction of sp³-hybridized carbons (Fsp3) is 0.627. The normalized spacial score (nSPS) is 25.9. The van der Waals surface area contributed by atoms with E-state index in [9.17, 15) is 38.7 Å². The molecule has 70 heavy (non-hydrogen) atoms. The molecule has 1 saturated heterocycles. The van der Waals surface area contributed by atoms with Crippen molar-refractivity contribution in [2.75, 3.05) is 13.1 Å². The third kappa shape index (κ3) is 12.0. The van der Waals surface area contributed by atoms with E-state index in [1.54, 1.807) is 12.1 Å². The van der Waals surface area contributed by atoms with Gasteiger partial charge in [-0.15, -0.1) is 0 Å². The Hall–Kier alpha value is -5.37. The maximum Gasteiger partial charge on any atom is 0.481 e. The summed E-state index contributed by atoms with van der Waals surface area (Å²) in [4.78, 5) is 93.6. The summed E-state index contributed by atoms with van der Waals surface area (Å²) < 4.78 is 13.0. The van der Waals surface area contributed by atoms with Crippen molar-refractivity contribution >= 4 is 48.5 Å². The minimum absolute atomic E-state index is 0.0215. The third-order valence-corrected chi connectivity index (χ3v) is 15.4. The predicted molar refractivity (Wildman–Crippen MR) is 264 cm³/mol. The van der Waals surface area contributed by atoms with Crippen molar-refractivity contribution in [3.05, 3.63) is 59.7 Å². The lowest BCUT2D eigenvalue weighted by Crippen LogP contribution is -2.65. The predicted octanol–water partition coefficient (Wildman–Crippen LogP) is 2.32. The Labute approximate surface area is 412 Å². The number of aliphatic hydroxyl groups is 1. The van der Waals surface area contributed by atoms with Crippen LogP contribution in [0.4, 0.5) is 0 Å². The number of carbonyl (C=O) groups excluding carboxylic acids is 7. The molecule has 4 aliphatic carbocycles. The molecule has 0 radical (unpaired) electrons. The number of hydrogen-bond donors (Lipinski definition) is 9. The van der Waals surface area contributed by atoms with Crippen molar-refractivity contribution in [2.45, 2.75) is 167 Å². The number of nitrogens with two attached hydrogens (primary N) is 2. The molecule has 4 saturated carbocycles. The van der Waals surface area contributed by atoms with Gasteiger partial charge in [0.05, 0.1) is 29.7 Å². The maximum atomic E-state index is 14.0. The van der Waals surface area contributed by atoms with Crippen LogP contribution >= 0.6 is 0 Å². The number of amides is 7. The first kappa shape index (κ1) is 54.0. The number of unbranched alkanes of at least 4 members (excludes halogenated alkanes) is 2. The van der Waals surface area contributed by atoms with E-state index in [0.717, 1.165) is 43.2 Å². The lowest BCUT2D eigenvalue weighted by Gasteiger charge is -2.64. The molecule has 2 aromatic carbocycles. The number of rotatable bonds is 25. The summed E-state index contributed by atoms with van der Waals surface area (Å²) in [6.07, 6.45) is 4.99. The number of primary amides is 1. The molecule has 5 fully saturated rings. The lowest BCUT2D eigenvalue weighted by molar-refractivity contribution is -0.199. The van der Waals surface area contributed by atoms with Gasteiger partial charge in [-0.25, -0.2) is 0 Å². The van der Waals surface area contributed by atoms with Gasteiger partial charge in [0.1, 0.15) is 23.7 Å². The second kappa shape index (κ2) is 22.8. The zero-order valence-corrected chi connectivity index (χ0v) is 41.9. The summed E-state index contributed by atoms with van der Waals surface area (Å²) in [5, 5.41) is 26.7. The summed E-state index contributed by atoms with van der Waals surface area (Å²) >= 11 is 0. The molecule has 1 heterocycles. The second-order valence-electron chi connectivity index (χ2n) is 20.7. The zero-order valence-electron chi connectivity index (χ0n) is 41.9. The lowest BCUT2D eigenvalue weighted by atomic mass is 9.43. The van der Waals surface area contributed by atoms with E-state index in [0.29, 0.717) is 43.2 Å². The number of aliphatic hydroxyl groups excluding tert-OH is 1. The van der Waals surface area contributed by atoms with Gasteiger partial charge >= 0.3 is 7.12 Å². The monoisotopic (exact) mass is 971 g/mol. The molecule has 18 nitrogen and oxygen atoms in total. The third-order valence-electron chi connectivity index (χ3n) is 15.4. The van der Waals surface area contributed by atoms with Gasteiger partial charge < -0.3 is 57.8 Å². The van der Waals surface area contributed by atoms with Gasteiger partial charge in [-0.05, 0) is 131 Å². The van der Waals surface area contributed by atoms with Crippen LogP contribution in [0.25, 0.3) is 11.1 Å². The van der Waals surface area contributed by atoms with Crippen LogP contribution in [-0.4, -0.2) is 114 Å². The van der Waals surface area contributed by atoms with E-state index in [4.69, 9.17) is 20.8 Å². The molecule has 2 bridgehead atoms. The van der Waals surface area contributed by atoms with Gasteiger partial charge in [-0.2, -0.15) is 0 Å². The molecule has 5 aliphatic rings. The highest BCUT2D eigenvalue weighted by atomic mass is 16.7. The Balaban J connectivity index is 0.999. The van der Waals surface area contributed by atoms with Gasteiger partial charge in [-0.1, -0.05) is 70.5 Å². The van der Waals surface area contributed by atoms with Crippen LogP contribution in [0.15, 0.2) is 48.5 Å². The minimum atomic E-state index is -1.70. The molecule has 11 atom stereocenters. The maximum absolute atomic E-state index is 14.0. The largest absolute Gasteiger partial charge is 0.481 e. The summed E-state index contributed by atoms with van der Waals surface area (Å²) in [5.41, 5.74) is 13.0. The fourth-order valence-corrected chi connectivity index (χ4v) is 10.6. The molecular formula is C51H75BN8O10. The van der Waals surface area contributed by atoms with Gasteiger partial charge in [0.2, 0.25) is 35.4 Å². The van der Waals surface area contributed by atoms with Crippen LogP contribution in [0.3, 0.4) is 0 Å². The Morgan fingerprint density at radius 3 is 2.10 bits per heavy atom. The van der Waals surface area contributed by atoms with Crippen molar-refractivity contribution in [3.8, 4) is 11.1 Å². The van der Waals surface area contributed by atoms with E-state index in [1.165, 1.54) is 19.4 Å². The Morgan fingerprint density at radius 1 is 0.843 bits per heavy atom. The van der Waals surface area contributed by atoms with Crippen LogP contribution in [0.1, 0.15) is 129 Å². The van der Waals surface area contributed by atoms with E-state index in [-0.39, 0.29) is 43.2 Å². The highest BCUT2D eigenvalue weighted by molar-refractivity contribution is 6.48. The molecule has 2 aromatic rings. The highest BCUT2D eigenvalue weighted by Crippen LogP contribution is 2.65. The average Bonchev–Trinajstić information content (AvgIpc) is 3.96. The SMILES string of the molecule is CCCCc1ccc(-c2ccc(C(=O)NCCC(=O)N[C@@H](CCCCN)C(=O)N[C@H](C(=O)N[C@@H](C)C(=O)NC3(C(=O)N[C@@H](CC)B4OC5C[C@@H]6C[C@@H](C6(C)C)[C@]5(C)O4)C[C@H]3C(N)=O)[C@@H](C)O)cc2)cc1. The van der Waals surface area contributed by atoms with E-state index in [2.05, 4.69) is 83.9 Å². The molecule has 7 rings (SSSR count). The van der Waals surface area contributed by atoms with Crippen molar-refractivity contribution in [1.82, 2.24) is 31.9 Å².